The van der Waals surface area contributed by atoms with Crippen molar-refractivity contribution in [1.82, 2.24) is 10.2 Å². The smallest absolute Gasteiger partial charge is 0.264 e. The van der Waals surface area contributed by atoms with Crippen molar-refractivity contribution in [3.05, 3.63) is 94.5 Å². The van der Waals surface area contributed by atoms with Crippen LogP contribution >= 0.6 is 11.6 Å². The zero-order chi connectivity index (χ0) is 29.0. The molecule has 208 valence electrons. The summed E-state index contributed by atoms with van der Waals surface area (Å²) in [7, 11) is -4.15. The lowest BCUT2D eigenvalue weighted by atomic mass is 10.1. The van der Waals surface area contributed by atoms with E-state index in [0.29, 0.717) is 16.3 Å². The van der Waals surface area contributed by atoms with Crippen LogP contribution in [0.4, 0.5) is 5.69 Å². The Morgan fingerprint density at radius 3 is 2.03 bits per heavy atom. The van der Waals surface area contributed by atoms with Crippen molar-refractivity contribution in [2.45, 2.75) is 64.6 Å². The maximum Gasteiger partial charge on any atom is 0.264 e. The molecule has 7 nitrogen and oxygen atoms in total. The fraction of sp³-hybridized carbons (Fsp3) is 0.333. The Hall–Kier alpha value is -3.36. The van der Waals surface area contributed by atoms with Gasteiger partial charge in [-0.2, -0.15) is 0 Å². The van der Waals surface area contributed by atoms with Crippen LogP contribution < -0.4 is 9.62 Å². The Bertz CT molecular complexity index is 1430. The number of carbonyl (C=O) groups is 2. The maximum absolute atomic E-state index is 14.0. The van der Waals surface area contributed by atoms with Gasteiger partial charge in [0, 0.05) is 17.1 Å². The number of benzene rings is 3. The molecule has 0 spiro atoms. The fourth-order valence-electron chi connectivity index (χ4n) is 4.12. The summed E-state index contributed by atoms with van der Waals surface area (Å²) < 4.78 is 28.9. The molecular formula is C30H36ClN3O4S. The van der Waals surface area contributed by atoms with Crippen LogP contribution in [0.2, 0.25) is 5.02 Å². The Morgan fingerprint density at radius 1 is 0.897 bits per heavy atom. The highest BCUT2D eigenvalue weighted by molar-refractivity contribution is 7.92. The molecule has 2 amide bonds. The summed E-state index contributed by atoms with van der Waals surface area (Å²) in [5.41, 5.74) is 2.39. The third kappa shape index (κ3) is 7.61. The lowest BCUT2D eigenvalue weighted by Crippen LogP contribution is -2.54. The topological polar surface area (TPSA) is 86.8 Å². The van der Waals surface area contributed by atoms with Crippen LogP contribution in [0.3, 0.4) is 0 Å². The normalized spacial score (nSPS) is 12.5. The van der Waals surface area contributed by atoms with Gasteiger partial charge in [-0.05, 0) is 88.6 Å². The van der Waals surface area contributed by atoms with Crippen LogP contribution in [-0.4, -0.2) is 43.3 Å². The van der Waals surface area contributed by atoms with E-state index in [4.69, 9.17) is 11.6 Å². The monoisotopic (exact) mass is 569 g/mol. The van der Waals surface area contributed by atoms with Crippen LogP contribution in [0.25, 0.3) is 0 Å². The van der Waals surface area contributed by atoms with Crippen LogP contribution in [0, 0.1) is 13.8 Å². The van der Waals surface area contributed by atoms with Gasteiger partial charge in [0.15, 0.2) is 0 Å². The molecule has 0 aromatic heterocycles. The largest absolute Gasteiger partial charge is 0.350 e. The van der Waals surface area contributed by atoms with Crippen molar-refractivity contribution in [3.8, 4) is 0 Å². The quantitative estimate of drug-likeness (QED) is 0.369. The number of nitrogens with zero attached hydrogens (tertiary/aromatic N) is 2. The Kier molecular flexibility index (Phi) is 9.46. The average Bonchev–Trinajstić information content (AvgIpc) is 2.86. The van der Waals surface area contributed by atoms with E-state index in [9.17, 15) is 18.0 Å². The molecule has 1 N–H and O–H groups in total. The lowest BCUT2D eigenvalue weighted by molar-refractivity contribution is -0.140. The standard InChI is InChI=1S/C30H36ClN3O4S/c1-21-11-7-9-13-24(21)19-33(23(3)29(36)32-30(4,5)6)28(35)20-34(27-14-10-8-12-22(27)2)39(37,38)26-17-15-25(31)16-18-26/h7-18,23H,19-20H2,1-6H3,(H,32,36)/t23-/m0/s1. The second kappa shape index (κ2) is 12.2. The molecule has 0 aliphatic carbocycles. The summed E-state index contributed by atoms with van der Waals surface area (Å²) in [6.07, 6.45) is 0. The molecule has 3 rings (SSSR count). The molecule has 0 saturated carbocycles. The number of rotatable bonds is 9. The van der Waals surface area contributed by atoms with Gasteiger partial charge in [-0.15, -0.1) is 0 Å². The number of hydrogen-bond donors (Lipinski definition) is 1. The van der Waals surface area contributed by atoms with Crippen LogP contribution in [0.5, 0.6) is 0 Å². The number of aryl methyl sites for hydroxylation is 2. The molecule has 0 saturated heterocycles. The molecule has 0 radical (unpaired) electrons. The van der Waals surface area contributed by atoms with Gasteiger partial charge >= 0.3 is 0 Å². The summed E-state index contributed by atoms with van der Waals surface area (Å²) in [6.45, 7) is 10.6. The molecule has 0 unspecified atom stereocenters. The van der Waals surface area contributed by atoms with Crippen molar-refractivity contribution < 1.29 is 18.0 Å². The second-order valence-electron chi connectivity index (χ2n) is 10.6. The van der Waals surface area contributed by atoms with Crippen molar-refractivity contribution in [3.63, 3.8) is 0 Å². The first kappa shape index (κ1) is 30.2. The van der Waals surface area contributed by atoms with E-state index < -0.39 is 34.1 Å². The number of nitrogens with one attached hydrogen (secondary N) is 1. The molecule has 9 heteroatoms. The van der Waals surface area contributed by atoms with Crippen molar-refractivity contribution >= 4 is 39.1 Å². The van der Waals surface area contributed by atoms with Gasteiger partial charge in [0.25, 0.3) is 10.0 Å². The molecule has 3 aromatic rings. The number of hydrogen-bond acceptors (Lipinski definition) is 4. The third-order valence-corrected chi connectivity index (χ3v) is 8.36. The predicted octanol–water partition coefficient (Wildman–Crippen LogP) is 5.48. The maximum atomic E-state index is 14.0. The predicted molar refractivity (Wildman–Crippen MR) is 156 cm³/mol. The first-order valence-corrected chi connectivity index (χ1v) is 14.5. The minimum Gasteiger partial charge on any atom is -0.350 e. The van der Waals surface area contributed by atoms with E-state index >= 15 is 0 Å². The molecule has 0 bridgehead atoms. The van der Waals surface area contributed by atoms with E-state index in [2.05, 4.69) is 5.32 Å². The molecule has 1 atom stereocenters. The minimum absolute atomic E-state index is 0.00642. The highest BCUT2D eigenvalue weighted by Crippen LogP contribution is 2.28. The first-order valence-electron chi connectivity index (χ1n) is 12.7. The first-order chi connectivity index (χ1) is 18.2. The number of anilines is 1. The number of halogens is 1. The highest BCUT2D eigenvalue weighted by Gasteiger charge is 2.34. The average molecular weight is 570 g/mol. The van der Waals surface area contributed by atoms with E-state index in [-0.39, 0.29) is 17.3 Å². The van der Waals surface area contributed by atoms with E-state index in [1.807, 2.05) is 52.0 Å². The number of carbonyl (C=O) groups excluding carboxylic acids is 2. The van der Waals surface area contributed by atoms with E-state index in [1.165, 1.54) is 29.2 Å². The second-order valence-corrected chi connectivity index (χ2v) is 12.9. The van der Waals surface area contributed by atoms with Crippen LogP contribution in [-0.2, 0) is 26.2 Å². The van der Waals surface area contributed by atoms with Gasteiger partial charge in [0.2, 0.25) is 11.8 Å². The number of amides is 2. The lowest BCUT2D eigenvalue weighted by Gasteiger charge is -2.34. The zero-order valence-corrected chi connectivity index (χ0v) is 24.8. The van der Waals surface area contributed by atoms with Gasteiger partial charge in [-0.25, -0.2) is 8.42 Å². The van der Waals surface area contributed by atoms with Crippen LogP contribution in [0.15, 0.2) is 77.7 Å². The summed E-state index contributed by atoms with van der Waals surface area (Å²) in [6, 6.07) is 19.5. The van der Waals surface area contributed by atoms with Crippen molar-refractivity contribution in [2.24, 2.45) is 0 Å². The van der Waals surface area contributed by atoms with Crippen molar-refractivity contribution in [1.29, 1.82) is 0 Å². The van der Waals surface area contributed by atoms with Gasteiger partial charge in [-0.3, -0.25) is 13.9 Å². The summed E-state index contributed by atoms with van der Waals surface area (Å²) in [4.78, 5) is 28.6. The molecule has 0 aliphatic rings. The van der Waals surface area contributed by atoms with Crippen molar-refractivity contribution in [2.75, 3.05) is 10.8 Å². The van der Waals surface area contributed by atoms with E-state index in [1.54, 1.807) is 38.1 Å². The molecule has 39 heavy (non-hydrogen) atoms. The molecule has 0 heterocycles. The van der Waals surface area contributed by atoms with E-state index in [0.717, 1.165) is 15.4 Å². The van der Waals surface area contributed by atoms with Crippen LogP contribution in [0.1, 0.15) is 44.4 Å². The molecule has 0 aliphatic heterocycles. The molecular weight excluding hydrogens is 534 g/mol. The SMILES string of the molecule is Cc1ccccc1CN(C(=O)CN(c1ccccc1C)S(=O)(=O)c1ccc(Cl)cc1)[C@@H](C)C(=O)NC(C)(C)C. The Labute approximate surface area is 236 Å². The van der Waals surface area contributed by atoms with Gasteiger partial charge < -0.3 is 10.2 Å². The third-order valence-electron chi connectivity index (χ3n) is 6.33. The Balaban J connectivity index is 2.06. The molecule has 3 aromatic carbocycles. The summed E-state index contributed by atoms with van der Waals surface area (Å²) >= 11 is 6.00. The zero-order valence-electron chi connectivity index (χ0n) is 23.2. The summed E-state index contributed by atoms with van der Waals surface area (Å²) in [5.74, 6) is -0.831. The summed E-state index contributed by atoms with van der Waals surface area (Å²) in [5, 5.41) is 3.33. The fourth-order valence-corrected chi connectivity index (χ4v) is 5.72. The van der Waals surface area contributed by atoms with Gasteiger partial charge in [0.1, 0.15) is 12.6 Å². The Morgan fingerprint density at radius 2 is 1.46 bits per heavy atom. The van der Waals surface area contributed by atoms with Gasteiger partial charge in [0.05, 0.1) is 10.6 Å². The number of para-hydroxylation sites is 1. The van der Waals surface area contributed by atoms with Gasteiger partial charge in [-0.1, -0.05) is 54.1 Å². The highest BCUT2D eigenvalue weighted by atomic mass is 35.5. The number of sulfonamides is 1. The minimum atomic E-state index is -4.15. The molecule has 0 fully saturated rings.